The van der Waals surface area contributed by atoms with E-state index in [0.29, 0.717) is 31.6 Å². The van der Waals surface area contributed by atoms with Gasteiger partial charge in [0.2, 0.25) is 5.91 Å². The summed E-state index contributed by atoms with van der Waals surface area (Å²) in [4.78, 5) is 26.5. The zero-order valence-corrected chi connectivity index (χ0v) is 16.7. The van der Waals surface area contributed by atoms with Gasteiger partial charge in [0, 0.05) is 43.6 Å². The molecule has 0 atom stereocenters. The minimum atomic E-state index is -0.748. The average molecular weight is 425 g/mol. The van der Waals surface area contributed by atoms with Gasteiger partial charge in [0.05, 0.1) is 5.69 Å². The first-order valence-electron chi connectivity index (χ1n) is 10.0. The zero-order valence-electron chi connectivity index (χ0n) is 16.7. The van der Waals surface area contributed by atoms with Crippen LogP contribution in [-0.4, -0.2) is 39.8 Å². The van der Waals surface area contributed by atoms with Crippen molar-refractivity contribution in [3.8, 4) is 17.0 Å². The summed E-state index contributed by atoms with van der Waals surface area (Å²) >= 11 is 0. The number of likely N-dealkylation sites (tertiary alicyclic amines) is 1. The molecule has 0 radical (unpaired) electrons. The van der Waals surface area contributed by atoms with Crippen molar-refractivity contribution in [3.63, 3.8) is 0 Å². The van der Waals surface area contributed by atoms with Gasteiger partial charge in [-0.2, -0.15) is 5.10 Å². The van der Waals surface area contributed by atoms with Crippen molar-refractivity contribution in [2.45, 2.75) is 25.5 Å². The van der Waals surface area contributed by atoms with E-state index in [1.807, 2.05) is 30.3 Å². The van der Waals surface area contributed by atoms with E-state index in [2.05, 4.69) is 5.10 Å². The van der Waals surface area contributed by atoms with Crippen molar-refractivity contribution in [2.24, 2.45) is 0 Å². The van der Waals surface area contributed by atoms with E-state index in [1.165, 1.54) is 16.8 Å². The van der Waals surface area contributed by atoms with Crippen LogP contribution in [0.4, 0.5) is 8.78 Å². The number of piperidine rings is 1. The van der Waals surface area contributed by atoms with Crippen LogP contribution in [0.3, 0.4) is 0 Å². The lowest BCUT2D eigenvalue weighted by Crippen LogP contribution is -2.44. The van der Waals surface area contributed by atoms with E-state index < -0.39 is 11.6 Å². The molecular formula is C23H21F2N3O3. The molecule has 0 unspecified atom stereocenters. The monoisotopic (exact) mass is 425 g/mol. The minimum absolute atomic E-state index is 0.000319. The highest BCUT2D eigenvalue weighted by atomic mass is 19.1. The quantitative estimate of drug-likeness (QED) is 0.630. The van der Waals surface area contributed by atoms with Crippen LogP contribution >= 0.6 is 0 Å². The third-order valence-electron chi connectivity index (χ3n) is 5.20. The van der Waals surface area contributed by atoms with Crippen LogP contribution in [0.1, 0.15) is 12.8 Å². The van der Waals surface area contributed by atoms with Gasteiger partial charge in [-0.15, -0.1) is 0 Å². The highest BCUT2D eigenvalue weighted by Gasteiger charge is 2.25. The molecule has 1 amide bonds. The van der Waals surface area contributed by atoms with Crippen LogP contribution in [0.5, 0.6) is 5.75 Å². The lowest BCUT2D eigenvalue weighted by Gasteiger charge is -2.32. The first kappa shape index (κ1) is 20.7. The maximum Gasteiger partial charge on any atom is 0.267 e. The molecule has 2 aromatic carbocycles. The molecule has 4 rings (SSSR count). The second-order valence-electron chi connectivity index (χ2n) is 7.35. The Hall–Kier alpha value is -3.55. The fourth-order valence-electron chi connectivity index (χ4n) is 3.53. The molecule has 1 fully saturated rings. The van der Waals surface area contributed by atoms with E-state index in [0.717, 1.165) is 17.7 Å². The summed E-state index contributed by atoms with van der Waals surface area (Å²) in [5.41, 5.74) is 1.12. The summed E-state index contributed by atoms with van der Waals surface area (Å²) < 4.78 is 33.6. The highest BCUT2D eigenvalue weighted by Crippen LogP contribution is 2.23. The number of halogens is 2. The van der Waals surface area contributed by atoms with Crippen LogP contribution in [0.25, 0.3) is 11.3 Å². The van der Waals surface area contributed by atoms with Gasteiger partial charge in [0.25, 0.3) is 5.56 Å². The van der Waals surface area contributed by atoms with Gasteiger partial charge in [-0.25, -0.2) is 13.5 Å². The number of amides is 1. The van der Waals surface area contributed by atoms with E-state index in [1.54, 1.807) is 11.0 Å². The fraction of sp³-hybridized carbons (Fsp3) is 0.261. The van der Waals surface area contributed by atoms with Crippen molar-refractivity contribution < 1.29 is 18.3 Å². The third kappa shape index (κ3) is 4.96. The third-order valence-corrected chi connectivity index (χ3v) is 5.20. The summed E-state index contributed by atoms with van der Waals surface area (Å²) in [6.07, 6.45) is 0.746. The lowest BCUT2D eigenvalue weighted by atomic mass is 10.1. The summed E-state index contributed by atoms with van der Waals surface area (Å²) in [7, 11) is 0. The van der Waals surface area contributed by atoms with Gasteiger partial charge in [-0.1, -0.05) is 30.3 Å². The molecule has 6 nitrogen and oxygen atoms in total. The molecule has 3 aromatic rings. The second kappa shape index (κ2) is 9.07. The number of carbonyl (C=O) groups is 1. The Morgan fingerprint density at radius 2 is 1.77 bits per heavy atom. The van der Waals surface area contributed by atoms with Gasteiger partial charge in [0.15, 0.2) is 11.6 Å². The Bertz CT molecular complexity index is 1130. The maximum atomic E-state index is 13.8. The Morgan fingerprint density at radius 1 is 1.03 bits per heavy atom. The number of rotatable bonds is 5. The molecule has 160 valence electrons. The molecule has 2 heterocycles. The molecule has 0 N–H and O–H groups in total. The molecule has 31 heavy (non-hydrogen) atoms. The number of hydrogen-bond donors (Lipinski definition) is 0. The molecule has 0 spiro atoms. The number of benzene rings is 2. The molecule has 1 saturated heterocycles. The van der Waals surface area contributed by atoms with Gasteiger partial charge in [-0.3, -0.25) is 9.59 Å². The summed E-state index contributed by atoms with van der Waals surface area (Å²) in [5, 5.41) is 4.32. The van der Waals surface area contributed by atoms with E-state index >= 15 is 0 Å². The summed E-state index contributed by atoms with van der Waals surface area (Å²) in [5.74, 6) is -1.63. The standard InChI is InChI=1S/C23H21F2N3O3/c24-17-6-8-21(19(25)14-17)31-18-10-12-27(13-11-18)23(30)15-28-22(29)9-7-20(26-28)16-4-2-1-3-5-16/h1-9,14,18H,10-13,15H2. The van der Waals surface area contributed by atoms with Gasteiger partial charge in [-0.05, 0) is 18.2 Å². The largest absolute Gasteiger partial charge is 0.487 e. The van der Waals surface area contributed by atoms with Crippen molar-refractivity contribution in [1.29, 1.82) is 0 Å². The predicted octanol–water partition coefficient (Wildman–Crippen LogP) is 3.26. The van der Waals surface area contributed by atoms with Gasteiger partial charge < -0.3 is 9.64 Å². The van der Waals surface area contributed by atoms with Crippen LogP contribution in [0, 0.1) is 11.6 Å². The first-order valence-corrected chi connectivity index (χ1v) is 10.0. The molecule has 8 heteroatoms. The molecular weight excluding hydrogens is 404 g/mol. The normalized spacial score (nSPS) is 14.5. The summed E-state index contributed by atoms with van der Waals surface area (Å²) in [6, 6.07) is 15.6. The SMILES string of the molecule is O=C(Cn1nc(-c2ccccc2)ccc1=O)N1CCC(Oc2ccc(F)cc2F)CC1. The fourth-order valence-corrected chi connectivity index (χ4v) is 3.53. The number of ether oxygens (including phenoxy) is 1. The Kier molecular flexibility index (Phi) is 6.06. The molecule has 1 aliphatic rings. The molecule has 1 aromatic heterocycles. The Balaban J connectivity index is 1.37. The van der Waals surface area contributed by atoms with Crippen molar-refractivity contribution >= 4 is 5.91 Å². The first-order chi connectivity index (χ1) is 15.0. The van der Waals surface area contributed by atoms with Crippen molar-refractivity contribution in [1.82, 2.24) is 14.7 Å². The van der Waals surface area contributed by atoms with Crippen LogP contribution in [0.15, 0.2) is 65.5 Å². The molecule has 1 aliphatic heterocycles. The number of aromatic nitrogens is 2. The molecule has 0 bridgehead atoms. The van der Waals surface area contributed by atoms with E-state index in [9.17, 15) is 18.4 Å². The Morgan fingerprint density at radius 3 is 2.48 bits per heavy atom. The second-order valence-corrected chi connectivity index (χ2v) is 7.35. The number of nitrogens with zero attached hydrogens (tertiary/aromatic N) is 3. The molecule has 0 aliphatic carbocycles. The highest BCUT2D eigenvalue weighted by molar-refractivity contribution is 5.76. The van der Waals surface area contributed by atoms with Crippen LogP contribution in [-0.2, 0) is 11.3 Å². The van der Waals surface area contributed by atoms with E-state index in [-0.39, 0.29) is 29.9 Å². The predicted molar refractivity (Wildman–Crippen MR) is 111 cm³/mol. The smallest absolute Gasteiger partial charge is 0.267 e. The average Bonchev–Trinajstić information content (AvgIpc) is 2.78. The maximum absolute atomic E-state index is 13.8. The van der Waals surface area contributed by atoms with Gasteiger partial charge in [0.1, 0.15) is 18.5 Å². The summed E-state index contributed by atoms with van der Waals surface area (Å²) in [6.45, 7) is 0.677. The van der Waals surface area contributed by atoms with E-state index in [4.69, 9.17) is 4.74 Å². The number of carbonyl (C=O) groups excluding carboxylic acids is 1. The zero-order chi connectivity index (χ0) is 21.8. The lowest BCUT2D eigenvalue weighted by molar-refractivity contribution is -0.133. The van der Waals surface area contributed by atoms with Crippen LogP contribution < -0.4 is 10.3 Å². The Labute approximate surface area is 177 Å². The van der Waals surface area contributed by atoms with Crippen molar-refractivity contribution in [3.05, 3.63) is 82.7 Å². The van der Waals surface area contributed by atoms with Gasteiger partial charge >= 0.3 is 0 Å². The van der Waals surface area contributed by atoms with Crippen LogP contribution in [0.2, 0.25) is 0 Å². The minimum Gasteiger partial charge on any atom is -0.487 e. The number of hydrogen-bond acceptors (Lipinski definition) is 4. The van der Waals surface area contributed by atoms with Crippen molar-refractivity contribution in [2.75, 3.05) is 13.1 Å². The topological polar surface area (TPSA) is 64.4 Å². The molecule has 0 saturated carbocycles.